The predicted octanol–water partition coefficient (Wildman–Crippen LogP) is 4.01. The Morgan fingerprint density at radius 3 is 2.45 bits per heavy atom. The van der Waals surface area contributed by atoms with Gasteiger partial charge in [0.25, 0.3) is 11.8 Å². The minimum Gasteiger partial charge on any atom is -0.486 e. The van der Waals surface area contributed by atoms with Crippen LogP contribution < -0.4 is 19.5 Å². The van der Waals surface area contributed by atoms with Crippen molar-refractivity contribution in [1.29, 1.82) is 0 Å². The number of amides is 2. The summed E-state index contributed by atoms with van der Waals surface area (Å²) in [5, 5.41) is 2.84. The molecule has 1 N–H and O–H groups in total. The molecule has 0 aromatic heterocycles. The second kappa shape index (κ2) is 10.5. The molecule has 33 heavy (non-hydrogen) atoms. The third-order valence-corrected chi connectivity index (χ3v) is 5.24. The molecule has 3 aromatic rings. The summed E-state index contributed by atoms with van der Waals surface area (Å²) in [4.78, 5) is 27.2. The monoisotopic (exact) mass is 446 g/mol. The maximum atomic E-state index is 12.8. The number of carbonyl (C=O) groups excluding carboxylic acids is 2. The second-order valence-electron chi connectivity index (χ2n) is 7.53. The first-order valence-corrected chi connectivity index (χ1v) is 10.9. The molecule has 0 aliphatic carbocycles. The van der Waals surface area contributed by atoms with E-state index in [9.17, 15) is 9.59 Å². The van der Waals surface area contributed by atoms with Gasteiger partial charge in [-0.2, -0.15) is 0 Å². The highest BCUT2D eigenvalue weighted by molar-refractivity contribution is 6.06. The Balaban J connectivity index is 1.35. The molecule has 0 saturated heterocycles. The normalized spacial score (nSPS) is 14.3. The lowest BCUT2D eigenvalue weighted by atomic mass is 10.2. The van der Waals surface area contributed by atoms with E-state index in [0.717, 1.165) is 0 Å². The fraction of sp³-hybridized carbons (Fsp3) is 0.231. The van der Waals surface area contributed by atoms with Crippen LogP contribution in [-0.2, 0) is 4.79 Å². The molecule has 0 fully saturated rings. The first-order chi connectivity index (χ1) is 16.1. The van der Waals surface area contributed by atoms with Gasteiger partial charge >= 0.3 is 0 Å². The van der Waals surface area contributed by atoms with Crippen molar-refractivity contribution in [2.24, 2.45) is 0 Å². The predicted molar refractivity (Wildman–Crippen MR) is 125 cm³/mol. The topological polar surface area (TPSA) is 77.1 Å². The average molecular weight is 447 g/mol. The Kier molecular flexibility index (Phi) is 7.09. The van der Waals surface area contributed by atoms with Gasteiger partial charge in [0, 0.05) is 12.2 Å². The van der Waals surface area contributed by atoms with E-state index in [1.54, 1.807) is 41.3 Å². The van der Waals surface area contributed by atoms with Crippen molar-refractivity contribution in [2.45, 2.75) is 13.0 Å². The average Bonchev–Trinajstić information content (AvgIpc) is 2.86. The number of nitrogens with one attached hydrogen (secondary N) is 1. The van der Waals surface area contributed by atoms with Crippen LogP contribution in [0.3, 0.4) is 0 Å². The molecule has 1 unspecified atom stereocenters. The van der Waals surface area contributed by atoms with Crippen LogP contribution in [0.1, 0.15) is 17.3 Å². The van der Waals surface area contributed by atoms with Gasteiger partial charge in [0.15, 0.2) is 24.2 Å². The van der Waals surface area contributed by atoms with E-state index >= 15 is 0 Å². The van der Waals surface area contributed by atoms with Crippen LogP contribution in [0.15, 0.2) is 78.9 Å². The minimum absolute atomic E-state index is 0.187. The number of likely N-dealkylation sites (N-methyl/N-ethyl adjacent to an activating group) is 1. The molecule has 1 aliphatic heterocycles. The maximum Gasteiger partial charge on any atom is 0.260 e. The molecule has 0 radical (unpaired) electrons. The number of rotatable bonds is 8. The molecule has 3 aromatic carbocycles. The summed E-state index contributed by atoms with van der Waals surface area (Å²) in [6.07, 6.45) is -0.271. The summed E-state index contributed by atoms with van der Waals surface area (Å²) in [6.45, 7) is 2.96. The lowest BCUT2D eigenvalue weighted by Crippen LogP contribution is -2.45. The fourth-order valence-electron chi connectivity index (χ4n) is 3.54. The molecule has 1 atom stereocenters. The highest BCUT2D eigenvalue weighted by Gasteiger charge is 2.25. The van der Waals surface area contributed by atoms with E-state index in [2.05, 4.69) is 5.32 Å². The number of carbonyl (C=O) groups is 2. The molecule has 2 amide bonds. The summed E-state index contributed by atoms with van der Waals surface area (Å²) in [5.74, 6) is 1.23. The van der Waals surface area contributed by atoms with Gasteiger partial charge in [-0.1, -0.05) is 42.5 Å². The first kappa shape index (κ1) is 22.2. The van der Waals surface area contributed by atoms with E-state index in [-0.39, 0.29) is 24.5 Å². The molecule has 7 nitrogen and oxygen atoms in total. The molecular weight excluding hydrogens is 420 g/mol. The zero-order chi connectivity index (χ0) is 23.0. The Morgan fingerprint density at radius 2 is 1.67 bits per heavy atom. The van der Waals surface area contributed by atoms with E-state index < -0.39 is 0 Å². The van der Waals surface area contributed by atoms with Crippen molar-refractivity contribution in [3.63, 3.8) is 0 Å². The molecule has 7 heteroatoms. The second-order valence-corrected chi connectivity index (χ2v) is 7.53. The number of hydrogen-bond donors (Lipinski definition) is 1. The van der Waals surface area contributed by atoms with Gasteiger partial charge in [-0.05, 0) is 43.3 Å². The molecule has 0 spiro atoms. The van der Waals surface area contributed by atoms with E-state index in [1.807, 2.05) is 49.4 Å². The summed E-state index contributed by atoms with van der Waals surface area (Å²) < 4.78 is 17.5. The minimum atomic E-state index is -0.303. The van der Waals surface area contributed by atoms with E-state index in [1.165, 1.54) is 0 Å². The van der Waals surface area contributed by atoms with Crippen LogP contribution in [0.25, 0.3) is 0 Å². The zero-order valence-electron chi connectivity index (χ0n) is 18.4. The molecule has 1 heterocycles. The Hall–Kier alpha value is -4.00. The molecule has 1 aliphatic rings. The van der Waals surface area contributed by atoms with Crippen LogP contribution in [0.2, 0.25) is 0 Å². The summed E-state index contributed by atoms with van der Waals surface area (Å²) in [5.41, 5.74) is 1.04. The van der Waals surface area contributed by atoms with E-state index in [0.29, 0.717) is 48.2 Å². The van der Waals surface area contributed by atoms with Crippen molar-refractivity contribution >= 4 is 17.5 Å². The van der Waals surface area contributed by atoms with E-state index in [4.69, 9.17) is 14.2 Å². The highest BCUT2D eigenvalue weighted by Crippen LogP contribution is 2.31. The summed E-state index contributed by atoms with van der Waals surface area (Å²) >= 11 is 0. The maximum absolute atomic E-state index is 12.8. The first-order valence-electron chi connectivity index (χ1n) is 10.9. The smallest absolute Gasteiger partial charge is 0.260 e. The highest BCUT2D eigenvalue weighted by atomic mass is 16.6. The standard InChI is InChI=1S/C26H26N2O5/c1-2-28(16-20-17-31-23-14-8-9-15-24(23)33-20)25(29)18-32-22-13-7-6-12-21(22)26(30)27-19-10-4-3-5-11-19/h3-15,20H,2,16-18H2,1H3,(H,27,30). The number of benzene rings is 3. The van der Waals surface area contributed by atoms with Gasteiger partial charge in [0.2, 0.25) is 0 Å². The van der Waals surface area contributed by atoms with Crippen molar-refractivity contribution in [3.8, 4) is 17.2 Å². The Bertz CT molecular complexity index is 1100. The molecule has 170 valence electrons. The fourth-order valence-corrected chi connectivity index (χ4v) is 3.54. The van der Waals surface area contributed by atoms with Crippen molar-refractivity contribution in [2.75, 3.05) is 31.6 Å². The third-order valence-electron chi connectivity index (χ3n) is 5.24. The van der Waals surface area contributed by atoms with Gasteiger partial charge in [-0.15, -0.1) is 0 Å². The van der Waals surface area contributed by atoms with Gasteiger partial charge in [-0.25, -0.2) is 0 Å². The largest absolute Gasteiger partial charge is 0.486 e. The van der Waals surface area contributed by atoms with Gasteiger partial charge in [0.05, 0.1) is 12.1 Å². The van der Waals surface area contributed by atoms with Gasteiger partial charge in [-0.3, -0.25) is 9.59 Å². The number of para-hydroxylation sites is 4. The number of nitrogens with zero attached hydrogens (tertiary/aromatic N) is 1. The molecule has 0 saturated carbocycles. The summed E-state index contributed by atoms with van der Waals surface area (Å²) in [6, 6.07) is 23.5. The van der Waals surface area contributed by atoms with Crippen LogP contribution >= 0.6 is 0 Å². The molecular formula is C26H26N2O5. The summed E-state index contributed by atoms with van der Waals surface area (Å²) in [7, 11) is 0. The number of anilines is 1. The third kappa shape index (κ3) is 5.63. The van der Waals surface area contributed by atoms with Crippen LogP contribution in [0.4, 0.5) is 5.69 Å². The van der Waals surface area contributed by atoms with Crippen molar-refractivity contribution in [3.05, 3.63) is 84.4 Å². The number of hydrogen-bond acceptors (Lipinski definition) is 5. The lowest BCUT2D eigenvalue weighted by molar-refractivity contribution is -0.134. The quantitative estimate of drug-likeness (QED) is 0.566. The van der Waals surface area contributed by atoms with Crippen LogP contribution in [0, 0.1) is 0 Å². The SMILES string of the molecule is CCN(CC1COc2ccccc2O1)C(=O)COc1ccccc1C(=O)Nc1ccccc1. The molecule has 0 bridgehead atoms. The molecule has 4 rings (SSSR count). The number of ether oxygens (including phenoxy) is 3. The van der Waals surface area contributed by atoms with Crippen molar-refractivity contribution < 1.29 is 23.8 Å². The Morgan fingerprint density at radius 1 is 0.970 bits per heavy atom. The number of fused-ring (bicyclic) bond motifs is 1. The van der Waals surface area contributed by atoms with Crippen LogP contribution in [0.5, 0.6) is 17.2 Å². The zero-order valence-corrected chi connectivity index (χ0v) is 18.4. The van der Waals surface area contributed by atoms with Gasteiger partial charge < -0.3 is 24.4 Å². The van der Waals surface area contributed by atoms with Crippen molar-refractivity contribution in [1.82, 2.24) is 4.90 Å². The Labute approximate surface area is 192 Å². The van der Waals surface area contributed by atoms with Crippen LogP contribution in [-0.4, -0.2) is 49.1 Å². The lowest BCUT2D eigenvalue weighted by Gasteiger charge is -2.30. The van der Waals surface area contributed by atoms with Gasteiger partial charge in [0.1, 0.15) is 12.4 Å².